The predicted molar refractivity (Wildman–Crippen MR) is 80.4 cm³/mol. The molecule has 0 aliphatic heterocycles. The molecule has 110 valence electrons. The summed E-state index contributed by atoms with van der Waals surface area (Å²) in [5, 5.41) is 0. The minimum atomic E-state index is 0.165. The summed E-state index contributed by atoms with van der Waals surface area (Å²) in [5.74, 6) is 1.16. The lowest BCUT2D eigenvalue weighted by Crippen LogP contribution is -2.48. The van der Waals surface area contributed by atoms with Gasteiger partial charge in [-0.25, -0.2) is 0 Å². The summed E-state index contributed by atoms with van der Waals surface area (Å²) in [6.07, 6.45) is 9.62. The van der Waals surface area contributed by atoms with Crippen LogP contribution in [0.15, 0.2) is 0 Å². The molecule has 2 aliphatic carbocycles. The second kappa shape index (κ2) is 6.47. The van der Waals surface area contributed by atoms with E-state index in [0.29, 0.717) is 17.8 Å². The first-order valence-corrected chi connectivity index (χ1v) is 8.46. The molecular weight excluding hydrogens is 258 g/mol. The molecule has 2 fully saturated rings. The van der Waals surface area contributed by atoms with Gasteiger partial charge in [0.15, 0.2) is 0 Å². The second-order valence-corrected chi connectivity index (χ2v) is 7.32. The summed E-state index contributed by atoms with van der Waals surface area (Å²) in [6, 6.07) is 0.462. The summed E-state index contributed by atoms with van der Waals surface area (Å²) in [4.78, 5) is 15.1. The van der Waals surface area contributed by atoms with Crippen molar-refractivity contribution in [1.82, 2.24) is 4.90 Å². The van der Waals surface area contributed by atoms with Gasteiger partial charge in [0.2, 0.25) is 5.91 Å². The Balaban J connectivity index is 2.09. The van der Waals surface area contributed by atoms with Crippen molar-refractivity contribution < 1.29 is 4.79 Å². The third kappa shape index (κ3) is 3.45. The van der Waals surface area contributed by atoms with Crippen LogP contribution in [0.5, 0.6) is 0 Å². The van der Waals surface area contributed by atoms with Gasteiger partial charge in [-0.15, -0.1) is 11.6 Å². The molecule has 0 bridgehead atoms. The molecule has 2 rings (SSSR count). The molecule has 3 heteroatoms. The van der Waals surface area contributed by atoms with Crippen molar-refractivity contribution in [2.75, 3.05) is 12.4 Å². The monoisotopic (exact) mass is 285 g/mol. The fraction of sp³-hybridized carbons (Fsp3) is 0.938. The topological polar surface area (TPSA) is 20.3 Å². The first-order valence-electron chi connectivity index (χ1n) is 7.93. The SMILES string of the molecule is CC1(C)CCCCC1C(=O)N(CCCl)C1CCCC1. The van der Waals surface area contributed by atoms with Crippen LogP contribution in [-0.2, 0) is 4.79 Å². The number of halogens is 1. The summed E-state index contributed by atoms with van der Waals surface area (Å²) < 4.78 is 0. The average molecular weight is 286 g/mol. The first kappa shape index (κ1) is 15.2. The highest BCUT2D eigenvalue weighted by Crippen LogP contribution is 2.42. The minimum Gasteiger partial charge on any atom is -0.338 e. The standard InChI is InChI=1S/C16H28ClNO/c1-16(2)10-6-5-9-14(16)15(19)18(12-11-17)13-7-3-4-8-13/h13-14H,3-12H2,1-2H3. The normalized spacial score (nSPS) is 27.4. The molecule has 2 saturated carbocycles. The molecule has 1 atom stereocenters. The zero-order valence-corrected chi connectivity index (χ0v) is 13.2. The number of carbonyl (C=O) groups is 1. The Hall–Kier alpha value is -0.240. The average Bonchev–Trinajstić information content (AvgIpc) is 2.88. The van der Waals surface area contributed by atoms with Gasteiger partial charge in [0.25, 0.3) is 0 Å². The van der Waals surface area contributed by atoms with Gasteiger partial charge in [-0.1, -0.05) is 39.5 Å². The number of alkyl halides is 1. The van der Waals surface area contributed by atoms with Crippen LogP contribution < -0.4 is 0 Å². The van der Waals surface area contributed by atoms with Gasteiger partial charge in [-0.05, 0) is 31.1 Å². The number of nitrogens with zero attached hydrogens (tertiary/aromatic N) is 1. The Morgan fingerprint density at radius 1 is 1.16 bits per heavy atom. The Kier molecular flexibility index (Phi) is 5.16. The van der Waals surface area contributed by atoms with Crippen molar-refractivity contribution in [3.8, 4) is 0 Å². The lowest BCUT2D eigenvalue weighted by Gasteiger charge is -2.41. The molecule has 2 aliphatic rings. The van der Waals surface area contributed by atoms with E-state index in [1.807, 2.05) is 0 Å². The molecular formula is C16H28ClNO. The van der Waals surface area contributed by atoms with Crippen LogP contribution in [0, 0.1) is 11.3 Å². The van der Waals surface area contributed by atoms with E-state index < -0.39 is 0 Å². The van der Waals surface area contributed by atoms with Crippen LogP contribution in [0.25, 0.3) is 0 Å². The zero-order valence-electron chi connectivity index (χ0n) is 12.5. The van der Waals surface area contributed by atoms with E-state index in [9.17, 15) is 4.79 Å². The van der Waals surface area contributed by atoms with Crippen molar-refractivity contribution in [2.24, 2.45) is 11.3 Å². The molecule has 0 aromatic heterocycles. The lowest BCUT2D eigenvalue weighted by molar-refractivity contribution is -0.143. The third-order valence-electron chi connectivity index (χ3n) is 5.18. The maximum atomic E-state index is 13.0. The van der Waals surface area contributed by atoms with Crippen LogP contribution in [0.4, 0.5) is 0 Å². The molecule has 19 heavy (non-hydrogen) atoms. The van der Waals surface area contributed by atoms with Crippen molar-refractivity contribution in [2.45, 2.75) is 71.3 Å². The van der Waals surface area contributed by atoms with Crippen LogP contribution in [0.3, 0.4) is 0 Å². The van der Waals surface area contributed by atoms with Gasteiger partial charge in [-0.3, -0.25) is 4.79 Å². The molecule has 2 nitrogen and oxygen atoms in total. The molecule has 0 spiro atoms. The summed E-state index contributed by atoms with van der Waals surface area (Å²) >= 11 is 5.93. The number of amides is 1. The maximum Gasteiger partial charge on any atom is 0.226 e. The van der Waals surface area contributed by atoms with Crippen LogP contribution in [-0.4, -0.2) is 29.3 Å². The summed E-state index contributed by atoms with van der Waals surface area (Å²) in [6.45, 7) is 5.27. The Morgan fingerprint density at radius 3 is 2.37 bits per heavy atom. The maximum absolute atomic E-state index is 13.0. The largest absolute Gasteiger partial charge is 0.338 e. The van der Waals surface area contributed by atoms with Gasteiger partial charge in [-0.2, -0.15) is 0 Å². The van der Waals surface area contributed by atoms with Crippen LogP contribution in [0.2, 0.25) is 0 Å². The lowest BCUT2D eigenvalue weighted by atomic mass is 9.68. The van der Waals surface area contributed by atoms with Crippen molar-refractivity contribution in [1.29, 1.82) is 0 Å². The van der Waals surface area contributed by atoms with Crippen molar-refractivity contribution >= 4 is 17.5 Å². The highest BCUT2D eigenvalue weighted by atomic mass is 35.5. The molecule has 0 aromatic rings. The molecule has 0 aromatic carbocycles. The minimum absolute atomic E-state index is 0.165. The Bertz CT molecular complexity index is 310. The van der Waals surface area contributed by atoms with E-state index in [4.69, 9.17) is 11.6 Å². The smallest absolute Gasteiger partial charge is 0.226 e. The van der Waals surface area contributed by atoms with E-state index >= 15 is 0 Å². The van der Waals surface area contributed by atoms with E-state index in [0.717, 1.165) is 13.0 Å². The van der Waals surface area contributed by atoms with E-state index in [-0.39, 0.29) is 11.3 Å². The van der Waals surface area contributed by atoms with E-state index in [1.165, 1.54) is 44.9 Å². The third-order valence-corrected chi connectivity index (χ3v) is 5.35. The predicted octanol–water partition coefficient (Wildman–Crippen LogP) is 4.21. The summed E-state index contributed by atoms with van der Waals surface area (Å²) in [7, 11) is 0. The quantitative estimate of drug-likeness (QED) is 0.709. The number of hydrogen-bond acceptors (Lipinski definition) is 1. The first-order chi connectivity index (χ1) is 9.06. The summed E-state index contributed by atoms with van der Waals surface area (Å²) in [5.41, 5.74) is 0.165. The molecule has 0 heterocycles. The number of rotatable bonds is 4. The molecule has 1 amide bonds. The number of hydrogen-bond donors (Lipinski definition) is 0. The Morgan fingerprint density at radius 2 is 1.79 bits per heavy atom. The van der Waals surface area contributed by atoms with Crippen LogP contribution in [0.1, 0.15) is 65.2 Å². The van der Waals surface area contributed by atoms with E-state index in [1.54, 1.807) is 0 Å². The van der Waals surface area contributed by atoms with Crippen molar-refractivity contribution in [3.05, 3.63) is 0 Å². The fourth-order valence-electron chi connectivity index (χ4n) is 3.93. The van der Waals surface area contributed by atoms with Gasteiger partial charge < -0.3 is 4.90 Å². The van der Waals surface area contributed by atoms with Gasteiger partial charge >= 0.3 is 0 Å². The molecule has 0 radical (unpaired) electrons. The van der Waals surface area contributed by atoms with Crippen LogP contribution >= 0.6 is 11.6 Å². The second-order valence-electron chi connectivity index (χ2n) is 6.95. The van der Waals surface area contributed by atoms with Crippen molar-refractivity contribution in [3.63, 3.8) is 0 Å². The highest BCUT2D eigenvalue weighted by Gasteiger charge is 2.40. The molecule has 0 N–H and O–H groups in total. The Labute approximate surface area is 122 Å². The molecule has 0 saturated heterocycles. The molecule has 1 unspecified atom stereocenters. The fourth-order valence-corrected chi connectivity index (χ4v) is 4.11. The number of carbonyl (C=O) groups excluding carboxylic acids is 1. The zero-order chi connectivity index (χ0) is 13.9. The van der Waals surface area contributed by atoms with Gasteiger partial charge in [0, 0.05) is 24.4 Å². The highest BCUT2D eigenvalue weighted by molar-refractivity contribution is 6.18. The van der Waals surface area contributed by atoms with E-state index in [2.05, 4.69) is 18.7 Å². The van der Waals surface area contributed by atoms with Gasteiger partial charge in [0.1, 0.15) is 0 Å². The van der Waals surface area contributed by atoms with Gasteiger partial charge in [0.05, 0.1) is 0 Å².